The summed E-state index contributed by atoms with van der Waals surface area (Å²) in [5.41, 5.74) is 2.97. The van der Waals surface area contributed by atoms with E-state index in [4.69, 9.17) is 4.52 Å². The van der Waals surface area contributed by atoms with E-state index in [1.54, 1.807) is 24.9 Å². The molecule has 0 saturated carbocycles. The molecule has 7 nitrogen and oxygen atoms in total. The van der Waals surface area contributed by atoms with E-state index in [-0.39, 0.29) is 24.9 Å². The molecule has 7 heteroatoms. The number of aryl methyl sites for hydroxylation is 2. The Balaban J connectivity index is 1.90. The molecule has 0 unspecified atom stereocenters. The first-order valence-corrected chi connectivity index (χ1v) is 8.57. The van der Waals surface area contributed by atoms with Crippen molar-refractivity contribution in [1.29, 1.82) is 0 Å². The highest BCUT2D eigenvalue weighted by Crippen LogP contribution is 2.27. The third kappa shape index (κ3) is 5.42. The number of hydrogen-bond donors (Lipinski definition) is 2. The quantitative estimate of drug-likeness (QED) is 0.794. The molecule has 26 heavy (non-hydrogen) atoms. The van der Waals surface area contributed by atoms with Crippen molar-refractivity contribution in [1.82, 2.24) is 10.1 Å². The Morgan fingerprint density at radius 2 is 1.81 bits per heavy atom. The molecule has 0 aliphatic heterocycles. The van der Waals surface area contributed by atoms with Crippen LogP contribution in [0.5, 0.6) is 0 Å². The lowest BCUT2D eigenvalue weighted by atomic mass is 9.98. The highest BCUT2D eigenvalue weighted by molar-refractivity contribution is 5.95. The summed E-state index contributed by atoms with van der Waals surface area (Å²) in [6, 6.07) is 7.61. The average Bonchev–Trinajstić information content (AvgIpc) is 2.93. The summed E-state index contributed by atoms with van der Waals surface area (Å²) in [4.78, 5) is 26.0. The molecule has 2 rings (SSSR count). The van der Waals surface area contributed by atoms with E-state index < -0.39 is 0 Å². The topological polar surface area (TPSA) is 87.5 Å². The van der Waals surface area contributed by atoms with Crippen molar-refractivity contribution in [3.05, 3.63) is 41.2 Å². The first-order valence-electron chi connectivity index (χ1n) is 8.57. The molecule has 1 aromatic carbocycles. The van der Waals surface area contributed by atoms with Crippen molar-refractivity contribution in [2.24, 2.45) is 0 Å². The Bertz CT molecular complexity index is 783. The van der Waals surface area contributed by atoms with Gasteiger partial charge in [0.25, 0.3) is 0 Å². The Hall–Kier alpha value is -2.67. The van der Waals surface area contributed by atoms with Crippen molar-refractivity contribution in [2.45, 2.75) is 33.6 Å². The van der Waals surface area contributed by atoms with E-state index in [1.165, 1.54) is 0 Å². The van der Waals surface area contributed by atoms with Gasteiger partial charge in [-0.15, -0.1) is 0 Å². The van der Waals surface area contributed by atoms with Gasteiger partial charge in [0.2, 0.25) is 11.8 Å². The molecular weight excluding hydrogens is 332 g/mol. The lowest BCUT2D eigenvalue weighted by Gasteiger charge is -2.19. The highest BCUT2D eigenvalue weighted by Gasteiger charge is 2.15. The van der Waals surface area contributed by atoms with Gasteiger partial charge in [-0.25, -0.2) is 0 Å². The predicted octanol–water partition coefficient (Wildman–Crippen LogP) is 2.92. The number of hydrogen-bond acceptors (Lipinski definition) is 5. The molecule has 2 N–H and O–H groups in total. The molecule has 0 bridgehead atoms. The standard InChI is InChI=1S/C19H26N4O3/c1-12(2)15-8-6-7-13(3)19(15)21-18(25)11-23(5)10-17(24)20-16-9-14(4)26-22-16/h6-9,12H,10-11H2,1-5H3,(H,21,25)(H,20,22,24). The average molecular weight is 358 g/mol. The number of nitrogens with zero attached hydrogens (tertiary/aromatic N) is 2. The van der Waals surface area contributed by atoms with Gasteiger partial charge in [0.05, 0.1) is 13.1 Å². The first-order chi connectivity index (χ1) is 12.3. The van der Waals surface area contributed by atoms with Crippen molar-refractivity contribution >= 4 is 23.3 Å². The van der Waals surface area contributed by atoms with Crippen molar-refractivity contribution in [3.63, 3.8) is 0 Å². The highest BCUT2D eigenvalue weighted by atomic mass is 16.5. The fourth-order valence-electron chi connectivity index (χ4n) is 2.68. The maximum absolute atomic E-state index is 12.4. The minimum absolute atomic E-state index is 0.0735. The van der Waals surface area contributed by atoms with E-state index in [0.29, 0.717) is 17.5 Å². The maximum atomic E-state index is 12.4. The first kappa shape index (κ1) is 19.7. The molecule has 0 radical (unpaired) electrons. The van der Waals surface area contributed by atoms with Crippen LogP contribution in [-0.4, -0.2) is 42.0 Å². The van der Waals surface area contributed by atoms with Crippen LogP contribution in [0, 0.1) is 13.8 Å². The summed E-state index contributed by atoms with van der Waals surface area (Å²) in [6.45, 7) is 8.08. The molecule has 0 spiro atoms. The zero-order chi connectivity index (χ0) is 19.3. The molecule has 2 amide bonds. The smallest absolute Gasteiger partial charge is 0.239 e. The predicted molar refractivity (Wildman–Crippen MR) is 101 cm³/mol. The van der Waals surface area contributed by atoms with Crippen LogP contribution in [0.1, 0.15) is 36.7 Å². The molecule has 1 aromatic heterocycles. The zero-order valence-electron chi connectivity index (χ0n) is 15.9. The number of aromatic nitrogens is 1. The number of likely N-dealkylation sites (N-methyl/N-ethyl adjacent to an activating group) is 1. The van der Waals surface area contributed by atoms with Crippen LogP contribution in [-0.2, 0) is 9.59 Å². The van der Waals surface area contributed by atoms with Gasteiger partial charge >= 0.3 is 0 Å². The fraction of sp³-hybridized carbons (Fsp3) is 0.421. The van der Waals surface area contributed by atoms with Crippen LogP contribution >= 0.6 is 0 Å². The van der Waals surface area contributed by atoms with Crippen LogP contribution < -0.4 is 10.6 Å². The third-order valence-electron chi connectivity index (χ3n) is 3.91. The SMILES string of the molecule is Cc1cc(NC(=O)CN(C)CC(=O)Nc2c(C)cccc2C(C)C)no1. The number of para-hydroxylation sites is 1. The van der Waals surface area contributed by atoms with Crippen LogP contribution in [0.15, 0.2) is 28.8 Å². The molecule has 0 fully saturated rings. The molecule has 2 aromatic rings. The Kier molecular flexibility index (Phi) is 6.52. The Morgan fingerprint density at radius 3 is 2.38 bits per heavy atom. The van der Waals surface area contributed by atoms with E-state index in [1.807, 2.05) is 25.1 Å². The Morgan fingerprint density at radius 1 is 1.15 bits per heavy atom. The number of anilines is 2. The van der Waals surface area contributed by atoms with Crippen LogP contribution in [0.25, 0.3) is 0 Å². The minimum Gasteiger partial charge on any atom is -0.360 e. The van der Waals surface area contributed by atoms with Crippen LogP contribution in [0.2, 0.25) is 0 Å². The normalized spacial score (nSPS) is 11.0. The summed E-state index contributed by atoms with van der Waals surface area (Å²) in [6.07, 6.45) is 0. The molecule has 0 saturated heterocycles. The van der Waals surface area contributed by atoms with E-state index in [0.717, 1.165) is 16.8 Å². The maximum Gasteiger partial charge on any atom is 0.239 e. The van der Waals surface area contributed by atoms with Gasteiger partial charge in [-0.2, -0.15) is 0 Å². The number of nitrogens with one attached hydrogen (secondary N) is 2. The zero-order valence-corrected chi connectivity index (χ0v) is 15.9. The van der Waals surface area contributed by atoms with Crippen molar-refractivity contribution in [3.8, 4) is 0 Å². The van der Waals surface area contributed by atoms with Gasteiger partial charge in [0, 0.05) is 11.8 Å². The summed E-state index contributed by atoms with van der Waals surface area (Å²) in [7, 11) is 1.72. The summed E-state index contributed by atoms with van der Waals surface area (Å²) in [5, 5.41) is 9.32. The number of benzene rings is 1. The fourth-order valence-corrected chi connectivity index (χ4v) is 2.68. The second-order valence-electron chi connectivity index (χ2n) is 6.79. The molecule has 0 atom stereocenters. The van der Waals surface area contributed by atoms with Gasteiger partial charge in [-0.1, -0.05) is 37.2 Å². The van der Waals surface area contributed by atoms with Gasteiger partial charge < -0.3 is 15.2 Å². The van der Waals surface area contributed by atoms with E-state index in [9.17, 15) is 9.59 Å². The van der Waals surface area contributed by atoms with Gasteiger partial charge in [-0.3, -0.25) is 14.5 Å². The second-order valence-corrected chi connectivity index (χ2v) is 6.79. The minimum atomic E-state index is -0.257. The molecular formula is C19H26N4O3. The number of amides is 2. The molecule has 140 valence electrons. The molecule has 0 aliphatic rings. The van der Waals surface area contributed by atoms with E-state index in [2.05, 4.69) is 29.6 Å². The molecule has 0 aliphatic carbocycles. The van der Waals surface area contributed by atoms with Gasteiger partial charge in [-0.05, 0) is 37.9 Å². The summed E-state index contributed by atoms with van der Waals surface area (Å²) < 4.78 is 4.90. The van der Waals surface area contributed by atoms with Gasteiger partial charge in [0.15, 0.2) is 5.82 Å². The number of carbonyl (C=O) groups excluding carboxylic acids is 2. The Labute approximate surface area is 153 Å². The van der Waals surface area contributed by atoms with Crippen molar-refractivity contribution in [2.75, 3.05) is 30.8 Å². The number of rotatable bonds is 7. The molecule has 1 heterocycles. The van der Waals surface area contributed by atoms with Crippen LogP contribution in [0.4, 0.5) is 11.5 Å². The summed E-state index contributed by atoms with van der Waals surface area (Å²) in [5.74, 6) is 0.875. The monoisotopic (exact) mass is 358 g/mol. The van der Waals surface area contributed by atoms with Crippen LogP contribution in [0.3, 0.4) is 0 Å². The third-order valence-corrected chi connectivity index (χ3v) is 3.91. The lowest BCUT2D eigenvalue weighted by molar-refractivity contribution is -0.119. The number of carbonyl (C=O) groups is 2. The van der Waals surface area contributed by atoms with Crippen molar-refractivity contribution < 1.29 is 14.1 Å². The largest absolute Gasteiger partial charge is 0.360 e. The van der Waals surface area contributed by atoms with E-state index >= 15 is 0 Å². The summed E-state index contributed by atoms with van der Waals surface area (Å²) >= 11 is 0. The second kappa shape index (κ2) is 8.62. The van der Waals surface area contributed by atoms with Gasteiger partial charge in [0.1, 0.15) is 5.76 Å². The lowest BCUT2D eigenvalue weighted by Crippen LogP contribution is -2.36.